The SMILES string of the molecule is CCNCc1cccc(COC(C)C(F)(F)F)n1. The summed E-state index contributed by atoms with van der Waals surface area (Å²) in [6.07, 6.45) is -6.11. The van der Waals surface area contributed by atoms with E-state index in [9.17, 15) is 13.2 Å². The van der Waals surface area contributed by atoms with Crippen molar-refractivity contribution >= 4 is 0 Å². The van der Waals surface area contributed by atoms with Crippen molar-refractivity contribution in [1.82, 2.24) is 10.3 Å². The van der Waals surface area contributed by atoms with E-state index in [4.69, 9.17) is 4.74 Å². The first-order valence-electron chi connectivity index (χ1n) is 5.77. The van der Waals surface area contributed by atoms with Crippen molar-refractivity contribution in [3.63, 3.8) is 0 Å². The molecule has 1 unspecified atom stereocenters. The lowest BCUT2D eigenvalue weighted by Gasteiger charge is -2.16. The van der Waals surface area contributed by atoms with E-state index >= 15 is 0 Å². The first kappa shape index (κ1) is 14.9. The monoisotopic (exact) mass is 262 g/mol. The summed E-state index contributed by atoms with van der Waals surface area (Å²) in [5.41, 5.74) is 1.29. The molecular formula is C12H17F3N2O. The summed E-state index contributed by atoms with van der Waals surface area (Å²) in [6, 6.07) is 5.23. The van der Waals surface area contributed by atoms with Gasteiger partial charge in [-0.15, -0.1) is 0 Å². The van der Waals surface area contributed by atoms with Gasteiger partial charge in [0.2, 0.25) is 0 Å². The second-order valence-electron chi connectivity index (χ2n) is 3.90. The molecule has 0 aliphatic rings. The Morgan fingerprint density at radius 2 is 2.00 bits per heavy atom. The third kappa shape index (κ3) is 5.01. The minimum absolute atomic E-state index is 0.138. The van der Waals surface area contributed by atoms with Crippen molar-refractivity contribution in [2.75, 3.05) is 6.54 Å². The molecule has 0 bridgehead atoms. The zero-order valence-corrected chi connectivity index (χ0v) is 10.4. The lowest BCUT2D eigenvalue weighted by Crippen LogP contribution is -2.28. The fraction of sp³-hybridized carbons (Fsp3) is 0.583. The second kappa shape index (κ2) is 6.70. The number of aromatic nitrogens is 1. The third-order valence-corrected chi connectivity index (χ3v) is 2.36. The Morgan fingerprint density at radius 1 is 1.33 bits per heavy atom. The number of rotatable bonds is 6. The fourth-order valence-electron chi connectivity index (χ4n) is 1.27. The van der Waals surface area contributed by atoms with Gasteiger partial charge in [0.25, 0.3) is 0 Å². The molecule has 0 spiro atoms. The molecule has 1 atom stereocenters. The van der Waals surface area contributed by atoms with Crippen LogP contribution in [0.5, 0.6) is 0 Å². The highest BCUT2D eigenvalue weighted by molar-refractivity contribution is 5.10. The summed E-state index contributed by atoms with van der Waals surface area (Å²) >= 11 is 0. The van der Waals surface area contributed by atoms with Crippen LogP contribution in [0.2, 0.25) is 0 Å². The van der Waals surface area contributed by atoms with Gasteiger partial charge in [0.1, 0.15) is 0 Å². The number of ether oxygens (including phenoxy) is 1. The smallest absolute Gasteiger partial charge is 0.363 e. The summed E-state index contributed by atoms with van der Waals surface area (Å²) in [7, 11) is 0. The summed E-state index contributed by atoms with van der Waals surface area (Å²) in [4.78, 5) is 4.21. The molecule has 0 aromatic carbocycles. The second-order valence-corrected chi connectivity index (χ2v) is 3.90. The molecule has 1 N–H and O–H groups in total. The molecule has 0 fully saturated rings. The molecule has 0 amide bonds. The first-order valence-corrected chi connectivity index (χ1v) is 5.77. The molecule has 0 radical (unpaired) electrons. The van der Waals surface area contributed by atoms with Gasteiger partial charge in [-0.25, -0.2) is 0 Å². The molecule has 3 nitrogen and oxygen atoms in total. The number of nitrogens with zero attached hydrogens (tertiary/aromatic N) is 1. The Balaban J connectivity index is 2.52. The molecule has 0 aliphatic heterocycles. The van der Waals surface area contributed by atoms with Crippen molar-refractivity contribution in [3.05, 3.63) is 29.6 Å². The maximum Gasteiger partial charge on any atom is 0.414 e. The van der Waals surface area contributed by atoms with Crippen LogP contribution in [-0.2, 0) is 17.9 Å². The summed E-state index contributed by atoms with van der Waals surface area (Å²) in [5, 5.41) is 3.10. The van der Waals surface area contributed by atoms with Crippen LogP contribution in [0.15, 0.2) is 18.2 Å². The van der Waals surface area contributed by atoms with Crippen LogP contribution in [0.1, 0.15) is 25.2 Å². The topological polar surface area (TPSA) is 34.1 Å². The van der Waals surface area contributed by atoms with Gasteiger partial charge in [-0.2, -0.15) is 13.2 Å². The Morgan fingerprint density at radius 3 is 2.61 bits per heavy atom. The van der Waals surface area contributed by atoms with Crippen LogP contribution in [0.3, 0.4) is 0 Å². The molecule has 0 aliphatic carbocycles. The van der Waals surface area contributed by atoms with Gasteiger partial charge in [0.05, 0.1) is 18.0 Å². The van der Waals surface area contributed by atoms with Crippen LogP contribution >= 0.6 is 0 Å². The van der Waals surface area contributed by atoms with E-state index in [1.807, 2.05) is 13.0 Å². The van der Waals surface area contributed by atoms with E-state index in [0.29, 0.717) is 12.2 Å². The van der Waals surface area contributed by atoms with Gasteiger partial charge in [-0.05, 0) is 25.6 Å². The molecule has 0 saturated carbocycles. The molecule has 1 aromatic rings. The van der Waals surface area contributed by atoms with Crippen LogP contribution in [-0.4, -0.2) is 23.8 Å². The number of hydrogen-bond acceptors (Lipinski definition) is 3. The minimum Gasteiger partial charge on any atom is -0.363 e. The molecule has 6 heteroatoms. The van der Waals surface area contributed by atoms with Crippen LogP contribution in [0, 0.1) is 0 Å². The van der Waals surface area contributed by atoms with E-state index in [-0.39, 0.29) is 6.61 Å². The van der Waals surface area contributed by atoms with E-state index in [0.717, 1.165) is 19.2 Å². The van der Waals surface area contributed by atoms with Crippen LogP contribution in [0.4, 0.5) is 13.2 Å². The molecule has 1 aromatic heterocycles. The number of alkyl halides is 3. The van der Waals surface area contributed by atoms with Gasteiger partial charge in [-0.1, -0.05) is 13.0 Å². The van der Waals surface area contributed by atoms with Crippen molar-refractivity contribution in [2.24, 2.45) is 0 Å². The van der Waals surface area contributed by atoms with Gasteiger partial charge >= 0.3 is 6.18 Å². The Kier molecular flexibility index (Phi) is 5.55. The molecule has 102 valence electrons. The highest BCUT2D eigenvalue weighted by Gasteiger charge is 2.36. The standard InChI is InChI=1S/C12H17F3N2O/c1-3-16-7-10-5-4-6-11(17-10)8-18-9(2)12(13,14)15/h4-6,9,16H,3,7-8H2,1-2H3. The first-order chi connectivity index (χ1) is 8.43. The quantitative estimate of drug-likeness (QED) is 0.855. The lowest BCUT2D eigenvalue weighted by molar-refractivity contribution is -0.217. The van der Waals surface area contributed by atoms with E-state index < -0.39 is 12.3 Å². The van der Waals surface area contributed by atoms with E-state index in [1.54, 1.807) is 12.1 Å². The Labute approximate surface area is 104 Å². The van der Waals surface area contributed by atoms with Gasteiger partial charge in [0.15, 0.2) is 6.10 Å². The van der Waals surface area contributed by atoms with Gasteiger partial charge in [0, 0.05) is 6.54 Å². The van der Waals surface area contributed by atoms with Crippen LogP contribution in [0.25, 0.3) is 0 Å². The molecular weight excluding hydrogens is 245 g/mol. The molecule has 0 saturated heterocycles. The average Bonchev–Trinajstić information content (AvgIpc) is 2.32. The van der Waals surface area contributed by atoms with Crippen molar-refractivity contribution in [1.29, 1.82) is 0 Å². The minimum atomic E-state index is -4.33. The third-order valence-electron chi connectivity index (χ3n) is 2.36. The molecule has 1 rings (SSSR count). The van der Waals surface area contributed by atoms with Crippen LogP contribution < -0.4 is 5.32 Å². The number of nitrogens with one attached hydrogen (secondary N) is 1. The van der Waals surface area contributed by atoms with E-state index in [1.165, 1.54) is 0 Å². The summed E-state index contributed by atoms with van der Waals surface area (Å²) in [5.74, 6) is 0. The van der Waals surface area contributed by atoms with E-state index in [2.05, 4.69) is 10.3 Å². The highest BCUT2D eigenvalue weighted by atomic mass is 19.4. The van der Waals surface area contributed by atoms with Crippen molar-refractivity contribution in [2.45, 2.75) is 39.3 Å². The van der Waals surface area contributed by atoms with Crippen molar-refractivity contribution in [3.8, 4) is 0 Å². The summed E-state index contributed by atoms with van der Waals surface area (Å²) in [6.45, 7) is 4.23. The van der Waals surface area contributed by atoms with Gasteiger partial charge in [-0.3, -0.25) is 4.98 Å². The highest BCUT2D eigenvalue weighted by Crippen LogP contribution is 2.22. The largest absolute Gasteiger partial charge is 0.414 e. The normalized spacial score (nSPS) is 13.6. The number of halogens is 3. The van der Waals surface area contributed by atoms with Crippen molar-refractivity contribution < 1.29 is 17.9 Å². The molecule has 18 heavy (non-hydrogen) atoms. The number of hydrogen-bond donors (Lipinski definition) is 1. The zero-order chi connectivity index (χ0) is 13.6. The predicted molar refractivity (Wildman–Crippen MR) is 61.9 cm³/mol. The molecule has 1 heterocycles. The Bertz CT molecular complexity index is 369. The number of pyridine rings is 1. The lowest BCUT2D eigenvalue weighted by atomic mass is 10.3. The Hall–Kier alpha value is -1.14. The zero-order valence-electron chi connectivity index (χ0n) is 10.4. The summed E-state index contributed by atoms with van der Waals surface area (Å²) < 4.78 is 41.5. The maximum atomic E-state index is 12.2. The van der Waals surface area contributed by atoms with Gasteiger partial charge < -0.3 is 10.1 Å². The maximum absolute atomic E-state index is 12.2. The average molecular weight is 262 g/mol. The predicted octanol–water partition coefficient (Wildman–Crippen LogP) is 2.66. The fourth-order valence-corrected chi connectivity index (χ4v) is 1.27.